The van der Waals surface area contributed by atoms with E-state index in [0.29, 0.717) is 18.9 Å². The largest absolute Gasteiger partial charge is 0.494 e. The summed E-state index contributed by atoms with van der Waals surface area (Å²) in [4.78, 5) is 22.7. The van der Waals surface area contributed by atoms with E-state index in [0.717, 1.165) is 5.75 Å². The van der Waals surface area contributed by atoms with Crippen LogP contribution in [0, 0.1) is 0 Å². The maximum Gasteiger partial charge on any atom is 0.272 e. The summed E-state index contributed by atoms with van der Waals surface area (Å²) < 4.78 is 10.4. The average molecular weight is 261 g/mol. The highest BCUT2D eigenvalue weighted by molar-refractivity contribution is 5.70. The molecule has 5 nitrogen and oxygen atoms in total. The number of rotatable bonds is 6. The van der Waals surface area contributed by atoms with Crippen LogP contribution >= 0.6 is 0 Å². The lowest BCUT2D eigenvalue weighted by Crippen LogP contribution is -2.35. The second-order valence-corrected chi connectivity index (χ2v) is 3.88. The van der Waals surface area contributed by atoms with Crippen LogP contribution in [0.2, 0.25) is 0 Å². The van der Waals surface area contributed by atoms with Crippen LogP contribution in [0.25, 0.3) is 0 Å². The van der Waals surface area contributed by atoms with Gasteiger partial charge >= 0.3 is 0 Å². The summed E-state index contributed by atoms with van der Waals surface area (Å²) in [5.41, 5.74) is -0.194. The molecule has 0 aromatic heterocycles. The molecule has 0 aliphatic rings. The van der Waals surface area contributed by atoms with E-state index >= 15 is 0 Å². The molecule has 0 radical (unpaired) electrons. The van der Waals surface area contributed by atoms with Crippen molar-refractivity contribution in [2.24, 2.45) is 0 Å². The third-order valence-electron chi connectivity index (χ3n) is 2.59. The average Bonchev–Trinajstić information content (AvgIpc) is 2.44. The van der Waals surface area contributed by atoms with Crippen molar-refractivity contribution in [1.82, 2.24) is 0 Å². The fraction of sp³-hybridized carbons (Fsp3) is 0.286. The van der Waals surface area contributed by atoms with E-state index < -0.39 is 10.9 Å². The van der Waals surface area contributed by atoms with Crippen molar-refractivity contribution in [2.75, 3.05) is 18.5 Å². The summed E-state index contributed by atoms with van der Waals surface area (Å²) in [6, 6.07) is 7.13. The second-order valence-electron chi connectivity index (χ2n) is 3.88. The van der Waals surface area contributed by atoms with Crippen LogP contribution in [0.5, 0.6) is 11.5 Å². The van der Waals surface area contributed by atoms with Crippen molar-refractivity contribution in [3.63, 3.8) is 0 Å². The van der Waals surface area contributed by atoms with Gasteiger partial charge in [-0.3, -0.25) is 9.59 Å². The fourth-order valence-corrected chi connectivity index (χ4v) is 1.71. The highest BCUT2D eigenvalue weighted by Crippen LogP contribution is 2.24. The Morgan fingerprint density at radius 3 is 2.16 bits per heavy atom. The Bertz CT molecular complexity index is 624. The molecule has 0 unspecified atom stereocenters. The molecule has 0 amide bonds. The third kappa shape index (κ3) is 2.59. The summed E-state index contributed by atoms with van der Waals surface area (Å²) in [6.07, 6.45) is 0. The number of ether oxygens (including phenoxy) is 2. The Balaban J connectivity index is 2.15. The van der Waals surface area contributed by atoms with E-state index in [9.17, 15) is 9.59 Å². The summed E-state index contributed by atoms with van der Waals surface area (Å²) in [6.45, 7) is 4.61. The van der Waals surface area contributed by atoms with E-state index in [4.69, 9.17) is 9.47 Å². The minimum absolute atomic E-state index is 0.112. The summed E-state index contributed by atoms with van der Waals surface area (Å²) in [5, 5.41) is 2.89. The molecule has 5 heteroatoms. The normalized spacial score (nSPS) is 10.4. The van der Waals surface area contributed by atoms with E-state index in [-0.39, 0.29) is 11.4 Å². The van der Waals surface area contributed by atoms with Gasteiger partial charge in [-0.2, -0.15) is 0 Å². The van der Waals surface area contributed by atoms with Gasteiger partial charge in [0.1, 0.15) is 11.4 Å². The monoisotopic (exact) mass is 261 g/mol. The van der Waals surface area contributed by atoms with E-state index in [2.05, 4.69) is 5.32 Å². The van der Waals surface area contributed by atoms with Crippen molar-refractivity contribution in [1.29, 1.82) is 0 Å². The standard InChI is InChI=1S/C14H15NO4/c1-3-18-10-7-5-9(6-8-10)15-11-12(16)13(17)14(11)19-4-2/h5-8,15H,3-4H2,1-2H3. The highest BCUT2D eigenvalue weighted by Gasteiger charge is 2.22. The SMILES string of the molecule is CCOc1ccc(Nc2c(OCC)c(=O)c2=O)cc1. The first-order valence-corrected chi connectivity index (χ1v) is 6.13. The Kier molecular flexibility index (Phi) is 3.85. The van der Waals surface area contributed by atoms with Crippen molar-refractivity contribution in [2.45, 2.75) is 13.8 Å². The molecule has 0 aliphatic heterocycles. The smallest absolute Gasteiger partial charge is 0.272 e. The first-order chi connectivity index (χ1) is 9.17. The van der Waals surface area contributed by atoms with E-state index in [1.54, 1.807) is 31.2 Å². The zero-order valence-corrected chi connectivity index (χ0v) is 10.9. The lowest BCUT2D eigenvalue weighted by atomic mass is 10.2. The number of hydrogen-bond acceptors (Lipinski definition) is 5. The van der Waals surface area contributed by atoms with Gasteiger partial charge in [-0.25, -0.2) is 0 Å². The van der Waals surface area contributed by atoms with E-state index in [1.807, 2.05) is 6.92 Å². The quantitative estimate of drug-likeness (QED) is 0.803. The highest BCUT2D eigenvalue weighted by atomic mass is 16.5. The Morgan fingerprint density at radius 1 is 0.947 bits per heavy atom. The molecule has 0 saturated carbocycles. The van der Waals surface area contributed by atoms with Gasteiger partial charge in [-0.05, 0) is 38.1 Å². The fourth-order valence-electron chi connectivity index (χ4n) is 1.71. The van der Waals surface area contributed by atoms with Gasteiger partial charge < -0.3 is 14.8 Å². The van der Waals surface area contributed by atoms with E-state index in [1.165, 1.54) is 0 Å². The lowest BCUT2D eigenvalue weighted by Gasteiger charge is -2.13. The van der Waals surface area contributed by atoms with Gasteiger partial charge in [0.15, 0.2) is 5.75 Å². The second kappa shape index (κ2) is 5.56. The van der Waals surface area contributed by atoms with Crippen molar-refractivity contribution in [3.05, 3.63) is 44.7 Å². The molecule has 100 valence electrons. The topological polar surface area (TPSA) is 64.6 Å². The van der Waals surface area contributed by atoms with Crippen molar-refractivity contribution < 1.29 is 9.47 Å². The summed E-state index contributed by atoms with van der Waals surface area (Å²) >= 11 is 0. The maximum absolute atomic E-state index is 11.4. The molecule has 0 heterocycles. The van der Waals surface area contributed by atoms with Crippen LogP contribution in [0.3, 0.4) is 0 Å². The van der Waals surface area contributed by atoms with Crippen LogP contribution in [-0.2, 0) is 0 Å². The molecule has 0 fully saturated rings. The molecule has 1 N–H and O–H groups in total. The van der Waals surface area contributed by atoms with Crippen LogP contribution < -0.4 is 25.6 Å². The number of nitrogens with one attached hydrogen (secondary N) is 1. The molecule has 0 bridgehead atoms. The van der Waals surface area contributed by atoms with Gasteiger partial charge in [-0.1, -0.05) is 0 Å². The molecule has 2 aromatic rings. The zero-order chi connectivity index (χ0) is 13.8. The van der Waals surface area contributed by atoms with Gasteiger partial charge in [0.05, 0.1) is 13.2 Å². The molecular formula is C14H15NO4. The minimum Gasteiger partial charge on any atom is -0.494 e. The van der Waals surface area contributed by atoms with Crippen molar-refractivity contribution >= 4 is 11.4 Å². The number of anilines is 2. The molecule has 0 aliphatic carbocycles. The first kappa shape index (κ1) is 13.1. The Morgan fingerprint density at radius 2 is 1.58 bits per heavy atom. The lowest BCUT2D eigenvalue weighted by molar-refractivity contribution is 0.335. The Hall–Kier alpha value is -2.30. The summed E-state index contributed by atoms with van der Waals surface area (Å²) in [7, 11) is 0. The number of benzene rings is 1. The molecule has 0 saturated heterocycles. The minimum atomic E-state index is -0.574. The molecule has 2 rings (SSSR count). The predicted molar refractivity (Wildman–Crippen MR) is 73.4 cm³/mol. The molecule has 2 aromatic carbocycles. The van der Waals surface area contributed by atoms with Gasteiger partial charge in [-0.15, -0.1) is 0 Å². The maximum atomic E-state index is 11.4. The van der Waals surface area contributed by atoms with Gasteiger partial charge in [0.25, 0.3) is 10.9 Å². The predicted octanol–water partition coefficient (Wildman–Crippen LogP) is 1.82. The van der Waals surface area contributed by atoms with Crippen LogP contribution in [0.15, 0.2) is 33.9 Å². The van der Waals surface area contributed by atoms with Crippen LogP contribution in [0.4, 0.5) is 11.4 Å². The van der Waals surface area contributed by atoms with Crippen molar-refractivity contribution in [3.8, 4) is 11.5 Å². The van der Waals surface area contributed by atoms with Gasteiger partial charge in [0.2, 0.25) is 0 Å². The molecule has 0 spiro atoms. The van der Waals surface area contributed by atoms with Crippen LogP contribution in [0.1, 0.15) is 13.8 Å². The third-order valence-corrected chi connectivity index (χ3v) is 2.59. The molecule has 0 atom stereocenters. The van der Waals surface area contributed by atoms with Gasteiger partial charge in [0, 0.05) is 5.69 Å². The van der Waals surface area contributed by atoms with Crippen LogP contribution in [-0.4, -0.2) is 13.2 Å². The zero-order valence-electron chi connectivity index (χ0n) is 10.9. The molecule has 19 heavy (non-hydrogen) atoms. The first-order valence-electron chi connectivity index (χ1n) is 6.13. The Labute approximate surface area is 110 Å². The summed E-state index contributed by atoms with van der Waals surface area (Å²) in [5.74, 6) is 0.865. The number of hydrogen-bond donors (Lipinski definition) is 1. The molecular weight excluding hydrogens is 246 g/mol.